The summed E-state index contributed by atoms with van der Waals surface area (Å²) in [6.45, 7) is 0. The number of benzene rings is 1. The van der Waals surface area contributed by atoms with Crippen LogP contribution in [0.1, 0.15) is 6.42 Å². The van der Waals surface area contributed by atoms with Gasteiger partial charge in [0.15, 0.2) is 0 Å². The number of nitrogens with two attached hydrogens (primary N) is 1. The second-order valence-corrected chi connectivity index (χ2v) is 4.43. The molecule has 1 aromatic carbocycles. The molecule has 13 heavy (non-hydrogen) atoms. The van der Waals surface area contributed by atoms with Crippen molar-refractivity contribution < 1.29 is 0 Å². The Bertz CT molecular complexity index is 226. The van der Waals surface area contributed by atoms with E-state index in [2.05, 4.69) is 36.9 Å². The molecule has 1 nitrogen and oxygen atoms in total. The summed E-state index contributed by atoms with van der Waals surface area (Å²) >= 11 is 5.99. The zero-order valence-electron chi connectivity index (χ0n) is 7.52. The molecule has 72 valence electrons. The van der Waals surface area contributed by atoms with Gasteiger partial charge in [0.2, 0.25) is 0 Å². The predicted molar refractivity (Wildman–Crippen MR) is 63.6 cm³/mol. The first-order valence-corrected chi connectivity index (χ1v) is 5.99. The molecule has 0 fully saturated rings. The molecular weight excluding hydrogens is 198 g/mol. The van der Waals surface area contributed by atoms with Gasteiger partial charge in [0, 0.05) is 16.7 Å². The molecule has 0 aliphatic rings. The van der Waals surface area contributed by atoms with Crippen LogP contribution in [0.15, 0.2) is 35.2 Å². The van der Waals surface area contributed by atoms with E-state index >= 15 is 0 Å². The fourth-order valence-corrected chi connectivity index (χ4v) is 2.12. The smallest absolute Gasteiger partial charge is 0.0135 e. The van der Waals surface area contributed by atoms with E-state index in [4.69, 9.17) is 5.73 Å². The van der Waals surface area contributed by atoms with Crippen LogP contribution in [0.3, 0.4) is 0 Å². The molecule has 0 aromatic heterocycles. The molecule has 0 heterocycles. The van der Waals surface area contributed by atoms with Crippen LogP contribution in [0.2, 0.25) is 0 Å². The number of thiol groups is 1. The Morgan fingerprint density at radius 3 is 2.62 bits per heavy atom. The molecule has 1 atom stereocenters. The van der Waals surface area contributed by atoms with E-state index in [1.165, 1.54) is 4.90 Å². The van der Waals surface area contributed by atoms with Crippen molar-refractivity contribution >= 4 is 24.4 Å². The Hall–Kier alpha value is -0.120. The van der Waals surface area contributed by atoms with E-state index < -0.39 is 0 Å². The largest absolute Gasteiger partial charge is 0.327 e. The molecule has 0 unspecified atom stereocenters. The summed E-state index contributed by atoms with van der Waals surface area (Å²) in [5.41, 5.74) is 5.75. The number of hydrogen-bond acceptors (Lipinski definition) is 3. The van der Waals surface area contributed by atoms with Gasteiger partial charge in [-0.15, -0.1) is 11.8 Å². The van der Waals surface area contributed by atoms with Gasteiger partial charge in [-0.3, -0.25) is 0 Å². The molecule has 0 amide bonds. The van der Waals surface area contributed by atoms with Crippen molar-refractivity contribution in [3.63, 3.8) is 0 Å². The fourth-order valence-electron chi connectivity index (χ4n) is 0.936. The van der Waals surface area contributed by atoms with Crippen molar-refractivity contribution in [2.45, 2.75) is 17.4 Å². The maximum Gasteiger partial charge on any atom is 0.0135 e. The molecule has 1 aromatic rings. The molecule has 0 spiro atoms. The highest BCUT2D eigenvalue weighted by atomic mass is 32.2. The molecule has 0 saturated carbocycles. The monoisotopic (exact) mass is 213 g/mol. The Balaban J connectivity index is 2.20. The highest BCUT2D eigenvalue weighted by molar-refractivity contribution is 7.99. The molecule has 0 aliphatic carbocycles. The van der Waals surface area contributed by atoms with E-state index in [9.17, 15) is 0 Å². The van der Waals surface area contributed by atoms with Crippen LogP contribution in [0.4, 0.5) is 0 Å². The summed E-state index contributed by atoms with van der Waals surface area (Å²) in [6.07, 6.45) is 1.03. The maximum absolute atomic E-state index is 5.75. The third-order valence-electron chi connectivity index (χ3n) is 1.74. The van der Waals surface area contributed by atoms with Gasteiger partial charge in [-0.05, 0) is 24.3 Å². The van der Waals surface area contributed by atoms with Gasteiger partial charge in [0.05, 0.1) is 0 Å². The summed E-state index contributed by atoms with van der Waals surface area (Å²) in [6, 6.07) is 10.6. The second kappa shape index (κ2) is 6.35. The lowest BCUT2D eigenvalue weighted by Gasteiger charge is -2.06. The summed E-state index contributed by atoms with van der Waals surface area (Å²) < 4.78 is 0. The van der Waals surface area contributed by atoms with Crippen LogP contribution in [-0.4, -0.2) is 17.5 Å². The Morgan fingerprint density at radius 2 is 2.00 bits per heavy atom. The fraction of sp³-hybridized carbons (Fsp3) is 0.400. The van der Waals surface area contributed by atoms with Crippen LogP contribution >= 0.6 is 24.4 Å². The lowest BCUT2D eigenvalue weighted by atomic mass is 10.3. The Labute approximate surface area is 89.5 Å². The van der Waals surface area contributed by atoms with Crippen LogP contribution < -0.4 is 5.73 Å². The molecule has 0 bridgehead atoms. The van der Waals surface area contributed by atoms with Crippen molar-refractivity contribution in [1.29, 1.82) is 0 Å². The lowest BCUT2D eigenvalue weighted by Crippen LogP contribution is -2.22. The van der Waals surface area contributed by atoms with Gasteiger partial charge >= 0.3 is 0 Å². The van der Waals surface area contributed by atoms with E-state index in [1.807, 2.05) is 17.8 Å². The highest BCUT2D eigenvalue weighted by Crippen LogP contribution is 2.18. The van der Waals surface area contributed by atoms with Gasteiger partial charge in [0.1, 0.15) is 0 Å². The van der Waals surface area contributed by atoms with E-state index in [0.29, 0.717) is 0 Å². The van der Waals surface area contributed by atoms with E-state index in [1.54, 1.807) is 0 Å². The first-order chi connectivity index (χ1) is 6.33. The van der Waals surface area contributed by atoms with Gasteiger partial charge in [-0.25, -0.2) is 0 Å². The van der Waals surface area contributed by atoms with Crippen LogP contribution in [-0.2, 0) is 0 Å². The minimum Gasteiger partial charge on any atom is -0.327 e. The zero-order chi connectivity index (χ0) is 9.52. The van der Waals surface area contributed by atoms with Gasteiger partial charge < -0.3 is 5.73 Å². The van der Waals surface area contributed by atoms with Crippen LogP contribution in [0, 0.1) is 0 Å². The summed E-state index contributed by atoms with van der Waals surface area (Å²) in [5, 5.41) is 0. The van der Waals surface area contributed by atoms with Gasteiger partial charge in [0.25, 0.3) is 0 Å². The number of rotatable bonds is 5. The van der Waals surface area contributed by atoms with Crippen molar-refractivity contribution in [2.24, 2.45) is 5.73 Å². The quantitative estimate of drug-likeness (QED) is 0.580. The second-order valence-electron chi connectivity index (χ2n) is 2.89. The van der Waals surface area contributed by atoms with Gasteiger partial charge in [-0.2, -0.15) is 12.6 Å². The highest BCUT2D eigenvalue weighted by Gasteiger charge is 1.99. The Morgan fingerprint density at radius 1 is 1.31 bits per heavy atom. The van der Waals surface area contributed by atoms with E-state index in [0.717, 1.165) is 17.9 Å². The van der Waals surface area contributed by atoms with Crippen molar-refractivity contribution in [3.8, 4) is 0 Å². The average molecular weight is 213 g/mol. The molecule has 0 aliphatic heterocycles. The number of hydrogen-bond donors (Lipinski definition) is 2. The minimum absolute atomic E-state index is 0.236. The van der Waals surface area contributed by atoms with E-state index in [-0.39, 0.29) is 6.04 Å². The first kappa shape index (κ1) is 11.0. The minimum atomic E-state index is 0.236. The van der Waals surface area contributed by atoms with Crippen molar-refractivity contribution in [1.82, 2.24) is 0 Å². The third kappa shape index (κ3) is 4.60. The molecule has 3 heteroatoms. The third-order valence-corrected chi connectivity index (χ3v) is 3.25. The maximum atomic E-state index is 5.75. The zero-order valence-corrected chi connectivity index (χ0v) is 9.23. The molecule has 2 N–H and O–H groups in total. The SMILES string of the molecule is N[C@H](CS)CCSc1ccccc1. The predicted octanol–water partition coefficient (Wildman–Crippen LogP) is 2.43. The topological polar surface area (TPSA) is 26.0 Å². The molecule has 1 rings (SSSR count). The molecule has 0 saturated heterocycles. The average Bonchev–Trinajstić information content (AvgIpc) is 2.19. The molecule has 0 radical (unpaired) electrons. The van der Waals surface area contributed by atoms with Gasteiger partial charge in [-0.1, -0.05) is 18.2 Å². The van der Waals surface area contributed by atoms with Crippen LogP contribution in [0.25, 0.3) is 0 Å². The summed E-state index contributed by atoms with van der Waals surface area (Å²) in [7, 11) is 0. The van der Waals surface area contributed by atoms with Crippen LogP contribution in [0.5, 0.6) is 0 Å². The standard InChI is InChI=1S/C10H15NS2/c11-9(8-12)6-7-13-10-4-2-1-3-5-10/h1-5,9,12H,6-8,11H2/t9-/m0/s1. The summed E-state index contributed by atoms with van der Waals surface area (Å²) in [4.78, 5) is 1.31. The first-order valence-electron chi connectivity index (χ1n) is 4.37. The number of thioether (sulfide) groups is 1. The summed E-state index contributed by atoms with van der Waals surface area (Å²) in [5.74, 6) is 1.85. The van der Waals surface area contributed by atoms with Crippen molar-refractivity contribution in [2.75, 3.05) is 11.5 Å². The normalized spacial score (nSPS) is 12.8. The van der Waals surface area contributed by atoms with Crippen molar-refractivity contribution in [3.05, 3.63) is 30.3 Å². The molecular formula is C10H15NS2. The lowest BCUT2D eigenvalue weighted by molar-refractivity contribution is 0.733. The Kier molecular flexibility index (Phi) is 5.35.